The van der Waals surface area contributed by atoms with Gasteiger partial charge in [-0.15, -0.1) is 0 Å². The largest absolute Gasteiger partial charge is 0.478 e. The van der Waals surface area contributed by atoms with Gasteiger partial charge in [-0.3, -0.25) is 4.79 Å². The summed E-state index contributed by atoms with van der Waals surface area (Å²) in [6.45, 7) is 7.68. The Kier molecular flexibility index (Phi) is 10.5. The highest BCUT2D eigenvalue weighted by Gasteiger charge is 2.28. The molecule has 10 nitrogen and oxygen atoms in total. The third-order valence-electron chi connectivity index (χ3n) is 4.15. The number of rotatable bonds is 12. The fraction of sp³-hybridized carbons (Fsp3) is 0.545. The lowest BCUT2D eigenvalue weighted by atomic mass is 10.0. The zero-order chi connectivity index (χ0) is 24.3. The highest BCUT2D eigenvalue weighted by atomic mass is 16.6. The smallest absolute Gasteiger partial charge is 0.408 e. The van der Waals surface area contributed by atoms with Gasteiger partial charge in [0.25, 0.3) is 6.10 Å². The molecule has 0 aromatic heterocycles. The number of amides is 2. The zero-order valence-electron chi connectivity index (χ0n) is 18.8. The van der Waals surface area contributed by atoms with Crippen molar-refractivity contribution >= 4 is 23.9 Å². The highest BCUT2D eigenvalue weighted by Crippen LogP contribution is 2.16. The molecule has 1 aromatic carbocycles. The lowest BCUT2D eigenvalue weighted by Gasteiger charge is -2.23. The number of nitrogens with one attached hydrogen (secondary N) is 2. The SMILES string of the molecule is CCCCCNC(=O)C(Cc1ccc(OC(C(=O)O)C(=O)O)cc1)NC(=O)OC(C)(C)C. The fourth-order valence-corrected chi connectivity index (χ4v) is 2.65. The van der Waals surface area contributed by atoms with Crippen molar-refractivity contribution in [2.24, 2.45) is 0 Å². The second-order valence-corrected chi connectivity index (χ2v) is 8.22. The molecule has 1 atom stereocenters. The van der Waals surface area contributed by atoms with Crippen molar-refractivity contribution in [2.75, 3.05) is 6.54 Å². The molecular formula is C22H32N2O8. The standard InChI is InChI=1S/C22H32N2O8/c1-5-6-7-12-23-18(25)16(24-21(30)32-22(2,3)4)13-14-8-10-15(11-9-14)31-17(19(26)27)20(28)29/h8-11,16-17H,5-7,12-13H2,1-4H3,(H,23,25)(H,24,30)(H,26,27)(H,28,29). The monoisotopic (exact) mass is 452 g/mol. The average Bonchev–Trinajstić information content (AvgIpc) is 2.68. The molecule has 1 aromatic rings. The Balaban J connectivity index is 2.88. The third kappa shape index (κ3) is 10.1. The summed E-state index contributed by atoms with van der Waals surface area (Å²) >= 11 is 0. The zero-order valence-corrected chi connectivity index (χ0v) is 18.8. The molecule has 0 aliphatic heterocycles. The van der Waals surface area contributed by atoms with E-state index in [0.29, 0.717) is 12.1 Å². The van der Waals surface area contributed by atoms with Crippen LogP contribution in [0.1, 0.15) is 52.5 Å². The Morgan fingerprint density at radius 2 is 1.59 bits per heavy atom. The van der Waals surface area contributed by atoms with Crippen LogP contribution in [0.25, 0.3) is 0 Å². The summed E-state index contributed by atoms with van der Waals surface area (Å²) in [6.07, 6.45) is 0.184. The summed E-state index contributed by atoms with van der Waals surface area (Å²) in [5, 5.41) is 23.2. The van der Waals surface area contributed by atoms with Gasteiger partial charge in [-0.2, -0.15) is 0 Å². The van der Waals surface area contributed by atoms with E-state index < -0.39 is 35.8 Å². The minimum atomic E-state index is -2.03. The number of alkyl carbamates (subject to hydrolysis) is 1. The summed E-state index contributed by atoms with van der Waals surface area (Å²) in [6, 6.07) is 5.02. The molecule has 0 saturated heterocycles. The predicted molar refractivity (Wildman–Crippen MR) is 116 cm³/mol. The molecule has 0 spiro atoms. The van der Waals surface area contributed by atoms with E-state index in [2.05, 4.69) is 17.6 Å². The summed E-state index contributed by atoms with van der Waals surface area (Å²) in [5.41, 5.74) is -0.0833. The maximum atomic E-state index is 12.6. The van der Waals surface area contributed by atoms with Crippen molar-refractivity contribution in [1.29, 1.82) is 0 Å². The molecule has 2 amide bonds. The summed E-state index contributed by atoms with van der Waals surface area (Å²) < 4.78 is 10.2. The van der Waals surface area contributed by atoms with Crippen molar-refractivity contribution in [3.8, 4) is 5.75 Å². The molecule has 0 aliphatic rings. The number of hydrogen-bond donors (Lipinski definition) is 4. The van der Waals surface area contributed by atoms with E-state index in [1.807, 2.05) is 0 Å². The minimum absolute atomic E-state index is 0.0456. The van der Waals surface area contributed by atoms with Gasteiger partial charge in [0.15, 0.2) is 0 Å². The minimum Gasteiger partial charge on any atom is -0.478 e. The second kappa shape index (κ2) is 12.5. The first kappa shape index (κ1) is 26.7. The van der Waals surface area contributed by atoms with Crippen molar-refractivity contribution in [3.05, 3.63) is 29.8 Å². The van der Waals surface area contributed by atoms with Gasteiger partial charge in [-0.25, -0.2) is 14.4 Å². The number of aliphatic carboxylic acids is 2. The summed E-state index contributed by atoms with van der Waals surface area (Å²) in [5.74, 6) is -3.56. The molecule has 32 heavy (non-hydrogen) atoms. The molecule has 0 fully saturated rings. The van der Waals surface area contributed by atoms with Gasteiger partial charge in [0.2, 0.25) is 5.91 Å². The maximum Gasteiger partial charge on any atom is 0.408 e. The molecule has 10 heteroatoms. The number of unbranched alkanes of at least 4 members (excludes halogenated alkanes) is 2. The first-order chi connectivity index (χ1) is 14.9. The Hall–Kier alpha value is -3.30. The van der Waals surface area contributed by atoms with E-state index in [9.17, 15) is 19.2 Å². The molecule has 0 saturated carbocycles. The van der Waals surface area contributed by atoms with Gasteiger partial charge in [-0.1, -0.05) is 31.9 Å². The van der Waals surface area contributed by atoms with Crippen LogP contribution in [0, 0.1) is 0 Å². The Morgan fingerprint density at radius 3 is 2.09 bits per heavy atom. The van der Waals surface area contributed by atoms with Crippen LogP contribution in [-0.4, -0.2) is 58.4 Å². The van der Waals surface area contributed by atoms with Gasteiger partial charge in [0, 0.05) is 13.0 Å². The second-order valence-electron chi connectivity index (χ2n) is 8.22. The van der Waals surface area contributed by atoms with Crippen LogP contribution in [0.4, 0.5) is 4.79 Å². The number of carboxylic acids is 2. The Bertz CT molecular complexity index is 772. The van der Waals surface area contributed by atoms with Crippen LogP contribution >= 0.6 is 0 Å². The summed E-state index contributed by atoms with van der Waals surface area (Å²) in [7, 11) is 0. The fourth-order valence-electron chi connectivity index (χ4n) is 2.65. The van der Waals surface area contributed by atoms with Crippen molar-refractivity contribution < 1.29 is 38.9 Å². The van der Waals surface area contributed by atoms with Crippen LogP contribution in [-0.2, 0) is 25.5 Å². The van der Waals surface area contributed by atoms with Crippen molar-refractivity contribution in [2.45, 2.75) is 71.1 Å². The molecule has 0 bridgehead atoms. The molecular weight excluding hydrogens is 420 g/mol. The molecule has 4 N–H and O–H groups in total. The molecule has 1 unspecified atom stereocenters. The molecule has 0 aliphatic carbocycles. The topological polar surface area (TPSA) is 151 Å². The quantitative estimate of drug-likeness (QED) is 0.279. The number of carbonyl (C=O) groups is 4. The molecule has 0 heterocycles. The number of carbonyl (C=O) groups excluding carboxylic acids is 2. The number of hydrogen-bond acceptors (Lipinski definition) is 6. The number of benzene rings is 1. The maximum absolute atomic E-state index is 12.6. The Labute approximate surface area is 187 Å². The molecule has 0 radical (unpaired) electrons. The predicted octanol–water partition coefficient (Wildman–Crippen LogP) is 2.35. The van der Waals surface area contributed by atoms with Crippen LogP contribution in [0.5, 0.6) is 5.75 Å². The number of carboxylic acid groups (broad SMARTS) is 2. The first-order valence-electron chi connectivity index (χ1n) is 10.4. The van der Waals surface area contributed by atoms with E-state index in [0.717, 1.165) is 19.3 Å². The van der Waals surface area contributed by atoms with E-state index in [-0.39, 0.29) is 18.1 Å². The van der Waals surface area contributed by atoms with Crippen LogP contribution < -0.4 is 15.4 Å². The first-order valence-corrected chi connectivity index (χ1v) is 10.4. The lowest BCUT2D eigenvalue weighted by Crippen LogP contribution is -2.49. The van der Waals surface area contributed by atoms with Crippen molar-refractivity contribution in [3.63, 3.8) is 0 Å². The molecule has 178 valence electrons. The normalized spacial score (nSPS) is 12.0. The van der Waals surface area contributed by atoms with E-state index in [1.165, 1.54) is 12.1 Å². The van der Waals surface area contributed by atoms with Crippen LogP contribution in [0.15, 0.2) is 24.3 Å². The third-order valence-corrected chi connectivity index (χ3v) is 4.15. The average molecular weight is 453 g/mol. The van der Waals surface area contributed by atoms with Gasteiger partial charge in [0.1, 0.15) is 17.4 Å². The lowest BCUT2D eigenvalue weighted by molar-refractivity contribution is -0.159. The van der Waals surface area contributed by atoms with Crippen molar-refractivity contribution in [1.82, 2.24) is 10.6 Å². The van der Waals surface area contributed by atoms with E-state index >= 15 is 0 Å². The van der Waals surface area contributed by atoms with Crippen LogP contribution in [0.3, 0.4) is 0 Å². The van der Waals surface area contributed by atoms with Gasteiger partial charge in [0.05, 0.1) is 0 Å². The van der Waals surface area contributed by atoms with Gasteiger partial charge in [-0.05, 0) is 44.9 Å². The summed E-state index contributed by atoms with van der Waals surface area (Å²) in [4.78, 5) is 46.8. The molecule has 1 rings (SSSR count). The van der Waals surface area contributed by atoms with Gasteiger partial charge >= 0.3 is 18.0 Å². The number of ether oxygens (including phenoxy) is 2. The van der Waals surface area contributed by atoms with Gasteiger partial charge < -0.3 is 30.3 Å². The Morgan fingerprint density at radius 1 is 1.00 bits per heavy atom. The van der Waals surface area contributed by atoms with Crippen LogP contribution in [0.2, 0.25) is 0 Å². The van der Waals surface area contributed by atoms with E-state index in [1.54, 1.807) is 32.9 Å². The van der Waals surface area contributed by atoms with E-state index in [4.69, 9.17) is 19.7 Å². The highest BCUT2D eigenvalue weighted by molar-refractivity contribution is 5.96.